The van der Waals surface area contributed by atoms with Gasteiger partial charge in [-0.15, -0.1) is 0 Å². The fourth-order valence-corrected chi connectivity index (χ4v) is 5.83. The zero-order valence-electron chi connectivity index (χ0n) is 25.9. The Kier molecular flexibility index (Phi) is 8.80. The van der Waals surface area contributed by atoms with Gasteiger partial charge < -0.3 is 15.1 Å². The number of aromatic nitrogens is 5. The average Bonchev–Trinajstić information content (AvgIpc) is 3.60. The molecule has 4 aromatic rings. The molecular weight excluding hydrogens is 626 g/mol. The number of piperidine rings is 1. The van der Waals surface area contributed by atoms with Gasteiger partial charge in [-0.25, -0.2) is 23.5 Å². The Balaban J connectivity index is 0.946. The van der Waals surface area contributed by atoms with Crippen LogP contribution in [0.2, 0.25) is 0 Å². The number of hydrogen-bond acceptors (Lipinski definition) is 10. The lowest BCUT2D eigenvalue weighted by molar-refractivity contribution is -0.120. The molecule has 2 saturated heterocycles. The van der Waals surface area contributed by atoms with E-state index in [0.717, 1.165) is 12.2 Å². The Morgan fingerprint density at radius 1 is 1.08 bits per heavy atom. The molecule has 4 aromatic heterocycles. The van der Waals surface area contributed by atoms with Gasteiger partial charge >= 0.3 is 6.03 Å². The van der Waals surface area contributed by atoms with Crippen molar-refractivity contribution < 1.29 is 27.6 Å². The van der Waals surface area contributed by atoms with Gasteiger partial charge in [0.15, 0.2) is 11.4 Å². The summed E-state index contributed by atoms with van der Waals surface area (Å²) in [6.45, 7) is 3.10. The van der Waals surface area contributed by atoms with Crippen LogP contribution in [0.25, 0.3) is 11.5 Å². The number of pyridine rings is 2. The molecule has 0 radical (unpaired) electrons. The van der Waals surface area contributed by atoms with E-state index < -0.39 is 24.1 Å². The molecule has 6 heterocycles. The van der Waals surface area contributed by atoms with Crippen molar-refractivity contribution in [2.24, 2.45) is 5.92 Å². The number of halogens is 2. The van der Waals surface area contributed by atoms with Crippen molar-refractivity contribution in [3.05, 3.63) is 66.2 Å². The van der Waals surface area contributed by atoms with Gasteiger partial charge in [0.2, 0.25) is 11.8 Å². The number of oxazole rings is 1. The van der Waals surface area contributed by atoms with E-state index in [1.165, 1.54) is 34.9 Å². The van der Waals surface area contributed by atoms with Crippen LogP contribution in [-0.2, 0) is 11.3 Å². The molecule has 3 aliphatic rings. The maximum atomic E-state index is 14.0. The molecule has 0 bridgehead atoms. The molecule has 16 heteroatoms. The maximum Gasteiger partial charge on any atom is 0.328 e. The number of urea groups is 1. The predicted octanol–water partition coefficient (Wildman–Crippen LogP) is 4.62. The third-order valence-electron chi connectivity index (χ3n) is 8.72. The molecule has 3 fully saturated rings. The van der Waals surface area contributed by atoms with Gasteiger partial charge in [0.25, 0.3) is 12.3 Å². The largest absolute Gasteiger partial charge is 0.444 e. The Morgan fingerprint density at radius 3 is 2.65 bits per heavy atom. The summed E-state index contributed by atoms with van der Waals surface area (Å²) in [6.07, 6.45) is 6.97. The minimum absolute atomic E-state index is 0.0495. The number of carbonyl (C=O) groups excluding carboxylic acids is 3. The predicted molar refractivity (Wildman–Crippen MR) is 169 cm³/mol. The van der Waals surface area contributed by atoms with Crippen LogP contribution >= 0.6 is 0 Å². The first-order valence-corrected chi connectivity index (χ1v) is 15.9. The van der Waals surface area contributed by atoms with Gasteiger partial charge in [0.1, 0.15) is 12.1 Å². The van der Waals surface area contributed by atoms with Gasteiger partial charge in [-0.2, -0.15) is 5.10 Å². The zero-order valence-corrected chi connectivity index (χ0v) is 25.9. The van der Waals surface area contributed by atoms with Crippen molar-refractivity contribution in [1.29, 1.82) is 0 Å². The monoisotopic (exact) mass is 660 g/mol. The standard InChI is InChI=1S/C32H34F2N10O4/c33-29(34)28-24(38-30(46)25-18-48-31(39-25)20-5-9-35-26(13-20)37-14-19-1-2-19)17-44(41-28)22-6-10-42(11-7-22)16-21-3-4-23(15-36-21)43-12-8-27(45)40-32(43)47/h3-5,9,13,15,17-19,22,29H,1-2,6-8,10-12,14,16H2,(H,35,37)(H,38,46)(H,40,45,47). The summed E-state index contributed by atoms with van der Waals surface area (Å²) in [5.41, 5.74) is 1.43. The Labute approximate surface area is 273 Å². The van der Waals surface area contributed by atoms with E-state index in [1.807, 2.05) is 6.07 Å². The minimum atomic E-state index is -2.89. The molecule has 1 saturated carbocycles. The molecule has 4 amide bonds. The quantitative estimate of drug-likeness (QED) is 0.207. The summed E-state index contributed by atoms with van der Waals surface area (Å²) < 4.78 is 35.1. The van der Waals surface area contributed by atoms with E-state index in [9.17, 15) is 23.2 Å². The van der Waals surface area contributed by atoms with Crippen LogP contribution in [0, 0.1) is 5.92 Å². The number of amides is 4. The van der Waals surface area contributed by atoms with Crippen molar-refractivity contribution in [2.75, 3.05) is 41.7 Å². The molecule has 2 aliphatic heterocycles. The number of hydrogen-bond donors (Lipinski definition) is 3. The number of anilines is 3. The van der Waals surface area contributed by atoms with Crippen LogP contribution in [0.4, 0.5) is 30.8 Å². The SMILES string of the molecule is O=C1CCN(c2ccc(CN3CCC(n4cc(NC(=O)c5coc(-c6ccnc(NCC7CC7)c6)n5)c(C(F)F)n4)CC3)nc2)C(=O)N1. The number of carbonyl (C=O) groups is 3. The van der Waals surface area contributed by atoms with Crippen molar-refractivity contribution in [1.82, 2.24) is 34.9 Å². The second-order valence-corrected chi connectivity index (χ2v) is 12.2. The Morgan fingerprint density at radius 2 is 1.92 bits per heavy atom. The number of alkyl halides is 2. The first kappa shape index (κ1) is 31.4. The van der Waals surface area contributed by atoms with Crippen LogP contribution < -0.4 is 20.9 Å². The molecule has 1 aliphatic carbocycles. The van der Waals surface area contributed by atoms with Crippen molar-refractivity contribution >= 4 is 35.0 Å². The first-order valence-electron chi connectivity index (χ1n) is 15.9. The number of nitrogens with zero attached hydrogens (tertiary/aromatic N) is 7. The fourth-order valence-electron chi connectivity index (χ4n) is 5.83. The van der Waals surface area contributed by atoms with E-state index in [2.05, 4.69) is 40.9 Å². The minimum Gasteiger partial charge on any atom is -0.444 e. The van der Waals surface area contributed by atoms with E-state index >= 15 is 0 Å². The summed E-state index contributed by atoms with van der Waals surface area (Å²) in [5, 5.41) is 12.3. The van der Waals surface area contributed by atoms with Crippen LogP contribution in [0.3, 0.4) is 0 Å². The highest BCUT2D eigenvalue weighted by molar-refractivity contribution is 6.05. The molecule has 48 heavy (non-hydrogen) atoms. The number of rotatable bonds is 11. The molecule has 7 rings (SSSR count). The smallest absolute Gasteiger partial charge is 0.328 e. The molecule has 0 unspecified atom stereocenters. The highest BCUT2D eigenvalue weighted by Crippen LogP contribution is 2.32. The number of likely N-dealkylation sites (tertiary alicyclic amines) is 1. The third-order valence-corrected chi connectivity index (χ3v) is 8.72. The van der Waals surface area contributed by atoms with E-state index in [-0.39, 0.29) is 35.6 Å². The normalized spacial score (nSPS) is 17.5. The summed E-state index contributed by atoms with van der Waals surface area (Å²) in [4.78, 5) is 53.3. The van der Waals surface area contributed by atoms with E-state index in [4.69, 9.17) is 4.42 Å². The number of nitrogens with one attached hydrogen (secondary N) is 3. The third kappa shape index (κ3) is 7.17. The molecule has 0 atom stereocenters. The highest BCUT2D eigenvalue weighted by Gasteiger charge is 2.28. The molecule has 250 valence electrons. The Hall–Kier alpha value is -5.25. The zero-order chi connectivity index (χ0) is 33.2. The molecular formula is C32H34F2N10O4. The lowest BCUT2D eigenvalue weighted by Gasteiger charge is -2.32. The fraction of sp³-hybridized carbons (Fsp3) is 0.406. The molecule has 0 aromatic carbocycles. The lowest BCUT2D eigenvalue weighted by Crippen LogP contribution is -2.49. The van der Waals surface area contributed by atoms with Gasteiger partial charge in [-0.1, -0.05) is 0 Å². The van der Waals surface area contributed by atoms with Gasteiger partial charge in [0, 0.05) is 57.1 Å². The second kappa shape index (κ2) is 13.5. The number of imide groups is 1. The van der Waals surface area contributed by atoms with Crippen LogP contribution in [-0.4, -0.2) is 73.7 Å². The maximum absolute atomic E-state index is 14.0. The lowest BCUT2D eigenvalue weighted by atomic mass is 10.1. The molecule has 14 nitrogen and oxygen atoms in total. The van der Waals surface area contributed by atoms with Crippen molar-refractivity contribution in [2.45, 2.75) is 51.1 Å². The highest BCUT2D eigenvalue weighted by atomic mass is 19.3. The van der Waals surface area contributed by atoms with Crippen LogP contribution in [0.5, 0.6) is 0 Å². The van der Waals surface area contributed by atoms with Crippen molar-refractivity contribution in [3.63, 3.8) is 0 Å². The second-order valence-electron chi connectivity index (χ2n) is 12.2. The topological polar surface area (TPSA) is 163 Å². The van der Waals surface area contributed by atoms with Crippen LogP contribution in [0.1, 0.15) is 66.4 Å². The van der Waals surface area contributed by atoms with Gasteiger partial charge in [-0.05, 0) is 55.9 Å². The molecule has 0 spiro atoms. The van der Waals surface area contributed by atoms with Crippen molar-refractivity contribution in [3.8, 4) is 11.5 Å². The Bertz CT molecular complexity index is 1800. The van der Waals surface area contributed by atoms with Crippen LogP contribution in [0.15, 0.2) is 53.5 Å². The summed E-state index contributed by atoms with van der Waals surface area (Å²) >= 11 is 0. The molecule has 3 N–H and O–H groups in total. The van der Waals surface area contributed by atoms with E-state index in [1.54, 1.807) is 30.6 Å². The van der Waals surface area contributed by atoms with Gasteiger partial charge in [0.05, 0.1) is 29.3 Å². The summed E-state index contributed by atoms with van der Waals surface area (Å²) in [7, 11) is 0. The average molecular weight is 661 g/mol. The first-order chi connectivity index (χ1) is 23.3. The van der Waals surface area contributed by atoms with E-state index in [0.29, 0.717) is 62.0 Å². The van der Waals surface area contributed by atoms with Gasteiger partial charge in [-0.3, -0.25) is 34.4 Å². The summed E-state index contributed by atoms with van der Waals surface area (Å²) in [5.74, 6) is 0.587. The summed E-state index contributed by atoms with van der Waals surface area (Å²) in [6, 6.07) is 6.57.